The minimum Gasteiger partial charge on any atom is -0.444 e. The molecule has 0 radical (unpaired) electrons. The maximum absolute atomic E-state index is 12.1. The lowest BCUT2D eigenvalue weighted by atomic mass is 10.2. The van der Waals surface area contributed by atoms with Crippen LogP contribution in [0, 0.1) is 0 Å². The molecule has 0 unspecified atom stereocenters. The van der Waals surface area contributed by atoms with Crippen molar-refractivity contribution in [1.82, 2.24) is 5.32 Å². The Kier molecular flexibility index (Phi) is 4.56. The highest BCUT2D eigenvalue weighted by molar-refractivity contribution is 6.10. The highest BCUT2D eigenvalue weighted by Crippen LogP contribution is 2.16. The second-order valence-electron chi connectivity index (χ2n) is 5.24. The van der Waals surface area contributed by atoms with Gasteiger partial charge in [-0.3, -0.25) is 14.9 Å². The summed E-state index contributed by atoms with van der Waals surface area (Å²) in [4.78, 5) is 48.0. The van der Waals surface area contributed by atoms with Crippen LogP contribution in [-0.2, 0) is 19.1 Å². The monoisotopic (exact) mass is 339 g/mol. The van der Waals surface area contributed by atoms with E-state index < -0.39 is 36.0 Å². The molecule has 25 heavy (non-hydrogen) atoms. The van der Waals surface area contributed by atoms with Crippen LogP contribution in [0.1, 0.15) is 20.7 Å². The Morgan fingerprint density at radius 2 is 1.04 bits per heavy atom. The Balaban J connectivity index is 1.75. The molecule has 3 rings (SSSR count). The first-order valence-corrected chi connectivity index (χ1v) is 7.43. The number of esters is 2. The second kappa shape index (κ2) is 6.96. The minimum atomic E-state index is -1.53. The van der Waals surface area contributed by atoms with Gasteiger partial charge in [0.05, 0.1) is 11.1 Å². The Bertz CT molecular complexity index is 748. The van der Waals surface area contributed by atoms with Crippen molar-refractivity contribution in [1.29, 1.82) is 0 Å². The molecule has 126 valence electrons. The van der Waals surface area contributed by atoms with Crippen LogP contribution in [0.4, 0.5) is 0 Å². The normalized spacial score (nSPS) is 19.2. The summed E-state index contributed by atoms with van der Waals surface area (Å²) in [5, 5.41) is 2.00. The van der Waals surface area contributed by atoms with E-state index in [-0.39, 0.29) is 11.1 Å². The molecule has 1 aliphatic heterocycles. The lowest BCUT2D eigenvalue weighted by molar-refractivity contribution is -0.130. The first kappa shape index (κ1) is 16.4. The number of imide groups is 1. The number of amides is 2. The quantitative estimate of drug-likeness (QED) is 0.661. The molecule has 2 atom stereocenters. The van der Waals surface area contributed by atoms with Crippen LogP contribution in [0.25, 0.3) is 0 Å². The summed E-state index contributed by atoms with van der Waals surface area (Å²) in [5.74, 6) is -3.26. The highest BCUT2D eigenvalue weighted by Gasteiger charge is 2.47. The molecular formula is C18H13NO6. The van der Waals surface area contributed by atoms with Gasteiger partial charge in [0.1, 0.15) is 0 Å². The zero-order valence-corrected chi connectivity index (χ0v) is 12.9. The third-order valence-corrected chi connectivity index (χ3v) is 3.53. The molecule has 1 fully saturated rings. The summed E-state index contributed by atoms with van der Waals surface area (Å²) in [6.07, 6.45) is -3.07. The van der Waals surface area contributed by atoms with Crippen molar-refractivity contribution in [3.8, 4) is 0 Å². The fraction of sp³-hybridized carbons (Fsp3) is 0.111. The number of hydrogen-bond acceptors (Lipinski definition) is 6. The molecule has 2 amide bonds. The summed E-state index contributed by atoms with van der Waals surface area (Å²) < 4.78 is 10.2. The number of carbonyl (C=O) groups is 4. The highest BCUT2D eigenvalue weighted by atomic mass is 16.6. The topological polar surface area (TPSA) is 98.8 Å². The zero-order valence-electron chi connectivity index (χ0n) is 12.9. The molecule has 0 aliphatic carbocycles. The van der Waals surface area contributed by atoms with Crippen LogP contribution in [0.15, 0.2) is 60.7 Å². The van der Waals surface area contributed by atoms with Gasteiger partial charge in [-0.25, -0.2) is 9.59 Å². The number of hydrogen-bond donors (Lipinski definition) is 1. The van der Waals surface area contributed by atoms with Crippen molar-refractivity contribution in [2.75, 3.05) is 0 Å². The molecule has 2 aromatic rings. The fourth-order valence-corrected chi connectivity index (χ4v) is 2.28. The summed E-state index contributed by atoms with van der Waals surface area (Å²) in [7, 11) is 0. The predicted octanol–water partition coefficient (Wildman–Crippen LogP) is 1.09. The van der Waals surface area contributed by atoms with Gasteiger partial charge in [0.2, 0.25) is 12.2 Å². The van der Waals surface area contributed by atoms with E-state index in [0.29, 0.717) is 0 Å². The van der Waals surface area contributed by atoms with Gasteiger partial charge in [0.25, 0.3) is 11.8 Å². The van der Waals surface area contributed by atoms with Crippen molar-refractivity contribution in [2.45, 2.75) is 12.2 Å². The molecule has 0 saturated carbocycles. The minimum absolute atomic E-state index is 0.211. The van der Waals surface area contributed by atoms with E-state index >= 15 is 0 Å². The van der Waals surface area contributed by atoms with E-state index in [9.17, 15) is 19.2 Å². The number of rotatable bonds is 4. The van der Waals surface area contributed by atoms with Crippen LogP contribution in [0.2, 0.25) is 0 Å². The number of benzene rings is 2. The molecule has 1 saturated heterocycles. The summed E-state index contributed by atoms with van der Waals surface area (Å²) in [5.41, 5.74) is 0.422. The van der Waals surface area contributed by atoms with Crippen molar-refractivity contribution < 1.29 is 28.7 Å². The van der Waals surface area contributed by atoms with Gasteiger partial charge < -0.3 is 9.47 Å². The van der Waals surface area contributed by atoms with E-state index in [2.05, 4.69) is 0 Å². The smallest absolute Gasteiger partial charge is 0.339 e. The van der Waals surface area contributed by atoms with Crippen molar-refractivity contribution in [3.05, 3.63) is 71.8 Å². The standard InChI is InChI=1S/C18H13NO6/c20-15-13(24-17(22)11-7-3-1-4-8-11)14(16(21)19-15)25-18(23)12-9-5-2-6-10-12/h1-10,13-14H,(H,19,20,21)/t13-,14-/m1/s1. The van der Waals surface area contributed by atoms with Gasteiger partial charge in [0.15, 0.2) is 0 Å². The van der Waals surface area contributed by atoms with Gasteiger partial charge >= 0.3 is 11.9 Å². The average molecular weight is 339 g/mol. The number of carbonyl (C=O) groups excluding carboxylic acids is 4. The van der Waals surface area contributed by atoms with Crippen LogP contribution in [-0.4, -0.2) is 36.0 Å². The van der Waals surface area contributed by atoms with E-state index in [0.717, 1.165) is 0 Å². The predicted molar refractivity (Wildman–Crippen MR) is 84.4 cm³/mol. The van der Waals surface area contributed by atoms with Crippen molar-refractivity contribution in [2.24, 2.45) is 0 Å². The third-order valence-electron chi connectivity index (χ3n) is 3.53. The SMILES string of the molecule is O=C(O[C@H]1C(=O)NC(=O)[C@@H]1OC(=O)c1ccccc1)c1ccccc1. The van der Waals surface area contributed by atoms with E-state index in [4.69, 9.17) is 9.47 Å². The molecule has 7 nitrogen and oxygen atoms in total. The van der Waals surface area contributed by atoms with Crippen LogP contribution in [0.5, 0.6) is 0 Å². The Hall–Kier alpha value is -3.48. The van der Waals surface area contributed by atoms with Gasteiger partial charge in [0, 0.05) is 0 Å². The Morgan fingerprint density at radius 3 is 1.40 bits per heavy atom. The van der Waals surface area contributed by atoms with E-state index in [1.54, 1.807) is 36.4 Å². The molecule has 1 N–H and O–H groups in total. The average Bonchev–Trinajstić information content (AvgIpc) is 2.90. The van der Waals surface area contributed by atoms with Crippen molar-refractivity contribution in [3.63, 3.8) is 0 Å². The van der Waals surface area contributed by atoms with Gasteiger partial charge in [-0.1, -0.05) is 36.4 Å². The Labute approximate surface area is 142 Å². The van der Waals surface area contributed by atoms with Crippen LogP contribution in [0.3, 0.4) is 0 Å². The Morgan fingerprint density at radius 1 is 0.680 bits per heavy atom. The molecular weight excluding hydrogens is 326 g/mol. The molecule has 7 heteroatoms. The number of ether oxygens (including phenoxy) is 2. The first-order chi connectivity index (χ1) is 12.1. The van der Waals surface area contributed by atoms with Crippen molar-refractivity contribution >= 4 is 23.8 Å². The van der Waals surface area contributed by atoms with Crippen LogP contribution < -0.4 is 5.32 Å². The molecule has 1 aliphatic rings. The molecule has 0 spiro atoms. The second-order valence-corrected chi connectivity index (χ2v) is 5.24. The van der Waals surface area contributed by atoms with Gasteiger partial charge in [-0.2, -0.15) is 0 Å². The summed E-state index contributed by atoms with van der Waals surface area (Å²) in [6.45, 7) is 0. The van der Waals surface area contributed by atoms with E-state index in [1.165, 1.54) is 24.3 Å². The van der Waals surface area contributed by atoms with Gasteiger partial charge in [-0.05, 0) is 24.3 Å². The lowest BCUT2D eigenvalue weighted by Gasteiger charge is -2.16. The molecule has 2 aromatic carbocycles. The lowest BCUT2D eigenvalue weighted by Crippen LogP contribution is -2.37. The maximum atomic E-state index is 12.1. The maximum Gasteiger partial charge on any atom is 0.339 e. The first-order valence-electron chi connectivity index (χ1n) is 7.43. The van der Waals surface area contributed by atoms with Crippen LogP contribution >= 0.6 is 0 Å². The summed E-state index contributed by atoms with van der Waals surface area (Å²) in [6, 6.07) is 16.0. The largest absolute Gasteiger partial charge is 0.444 e. The summed E-state index contributed by atoms with van der Waals surface area (Å²) >= 11 is 0. The number of nitrogens with one attached hydrogen (secondary N) is 1. The molecule has 1 heterocycles. The zero-order chi connectivity index (χ0) is 17.8. The fourth-order valence-electron chi connectivity index (χ4n) is 2.28. The van der Waals surface area contributed by atoms with Gasteiger partial charge in [-0.15, -0.1) is 0 Å². The molecule has 0 bridgehead atoms. The van der Waals surface area contributed by atoms with E-state index in [1.807, 2.05) is 5.32 Å². The third kappa shape index (κ3) is 3.55. The molecule has 0 aromatic heterocycles.